The second-order valence-corrected chi connectivity index (χ2v) is 5.80. The fourth-order valence-corrected chi connectivity index (χ4v) is 3.33. The van der Waals surface area contributed by atoms with E-state index in [1.54, 1.807) is 0 Å². The van der Waals surface area contributed by atoms with Crippen molar-refractivity contribution >= 4 is 17.3 Å². The van der Waals surface area contributed by atoms with Gasteiger partial charge in [0.25, 0.3) is 0 Å². The van der Waals surface area contributed by atoms with Gasteiger partial charge in [0.1, 0.15) is 0 Å². The summed E-state index contributed by atoms with van der Waals surface area (Å²) in [6.45, 7) is 6.52. The van der Waals surface area contributed by atoms with Crippen molar-refractivity contribution in [2.45, 2.75) is 58.2 Å². The maximum absolute atomic E-state index is 6.33. The van der Waals surface area contributed by atoms with Crippen molar-refractivity contribution in [2.75, 3.05) is 4.90 Å². The van der Waals surface area contributed by atoms with Crippen LogP contribution in [0.5, 0.6) is 0 Å². The van der Waals surface area contributed by atoms with Crippen LogP contribution in [0.4, 0.5) is 5.69 Å². The maximum Gasteiger partial charge on any atom is 0.0474 e. The van der Waals surface area contributed by atoms with E-state index >= 15 is 0 Å². The molecule has 1 aliphatic heterocycles. The Bertz CT molecular complexity index is 417. The molecule has 3 unspecified atom stereocenters. The van der Waals surface area contributed by atoms with Crippen LogP contribution in [0.15, 0.2) is 18.2 Å². The SMILES string of the molecule is CCC1CCC(C)N1c1ccc(C(C)N)c(Cl)c1. The minimum Gasteiger partial charge on any atom is -0.366 e. The van der Waals surface area contributed by atoms with Crippen molar-refractivity contribution in [1.29, 1.82) is 0 Å². The van der Waals surface area contributed by atoms with Crippen LogP contribution in [0.25, 0.3) is 0 Å². The third-order valence-corrected chi connectivity index (χ3v) is 4.36. The molecule has 1 saturated heterocycles. The van der Waals surface area contributed by atoms with E-state index in [-0.39, 0.29) is 6.04 Å². The van der Waals surface area contributed by atoms with Gasteiger partial charge in [-0.15, -0.1) is 0 Å². The zero-order valence-corrected chi connectivity index (χ0v) is 12.2. The second-order valence-electron chi connectivity index (χ2n) is 5.39. The van der Waals surface area contributed by atoms with Gasteiger partial charge in [0, 0.05) is 28.8 Å². The summed E-state index contributed by atoms with van der Waals surface area (Å²) in [6, 6.07) is 7.55. The number of rotatable bonds is 3. The van der Waals surface area contributed by atoms with E-state index in [0.717, 1.165) is 10.6 Å². The molecule has 2 rings (SSSR count). The predicted octanol–water partition coefficient (Wildman–Crippen LogP) is 4.13. The Labute approximate surface area is 115 Å². The largest absolute Gasteiger partial charge is 0.366 e. The van der Waals surface area contributed by atoms with Crippen molar-refractivity contribution in [2.24, 2.45) is 5.73 Å². The molecule has 2 nitrogen and oxygen atoms in total. The molecule has 100 valence electrons. The smallest absolute Gasteiger partial charge is 0.0474 e. The predicted molar refractivity (Wildman–Crippen MR) is 79.3 cm³/mol. The molecule has 0 aliphatic carbocycles. The summed E-state index contributed by atoms with van der Waals surface area (Å²) in [6.07, 6.45) is 3.74. The first-order valence-electron chi connectivity index (χ1n) is 6.88. The fourth-order valence-electron chi connectivity index (χ4n) is 2.98. The fraction of sp³-hybridized carbons (Fsp3) is 0.600. The summed E-state index contributed by atoms with van der Waals surface area (Å²) < 4.78 is 0. The summed E-state index contributed by atoms with van der Waals surface area (Å²) in [5.41, 5.74) is 8.17. The first-order chi connectivity index (χ1) is 8.54. The van der Waals surface area contributed by atoms with Crippen molar-refractivity contribution < 1.29 is 0 Å². The van der Waals surface area contributed by atoms with E-state index in [2.05, 4.69) is 36.9 Å². The summed E-state index contributed by atoms with van der Waals surface area (Å²) in [5.74, 6) is 0. The Morgan fingerprint density at radius 1 is 1.44 bits per heavy atom. The third kappa shape index (κ3) is 2.50. The van der Waals surface area contributed by atoms with Crippen LogP contribution in [-0.4, -0.2) is 12.1 Å². The summed E-state index contributed by atoms with van der Waals surface area (Å²) in [5, 5.41) is 0.788. The maximum atomic E-state index is 6.33. The first kappa shape index (κ1) is 13.7. The molecule has 0 aromatic heterocycles. The zero-order chi connectivity index (χ0) is 13.3. The molecule has 1 aromatic carbocycles. The molecular weight excluding hydrogens is 244 g/mol. The Morgan fingerprint density at radius 2 is 2.17 bits per heavy atom. The molecule has 0 bridgehead atoms. The van der Waals surface area contributed by atoms with E-state index in [1.807, 2.05) is 6.92 Å². The molecule has 2 N–H and O–H groups in total. The molecule has 1 fully saturated rings. The minimum atomic E-state index is -0.00970. The molecule has 0 radical (unpaired) electrons. The number of nitrogens with zero attached hydrogens (tertiary/aromatic N) is 1. The second kappa shape index (κ2) is 5.50. The first-order valence-corrected chi connectivity index (χ1v) is 7.25. The highest BCUT2D eigenvalue weighted by atomic mass is 35.5. The molecule has 3 heteroatoms. The van der Waals surface area contributed by atoms with Gasteiger partial charge in [-0.25, -0.2) is 0 Å². The van der Waals surface area contributed by atoms with Crippen molar-refractivity contribution in [3.05, 3.63) is 28.8 Å². The van der Waals surface area contributed by atoms with E-state index in [1.165, 1.54) is 24.9 Å². The van der Waals surface area contributed by atoms with Gasteiger partial charge in [0.15, 0.2) is 0 Å². The van der Waals surface area contributed by atoms with Gasteiger partial charge >= 0.3 is 0 Å². The summed E-state index contributed by atoms with van der Waals surface area (Å²) in [4.78, 5) is 2.51. The van der Waals surface area contributed by atoms with Gasteiger partial charge in [-0.3, -0.25) is 0 Å². The van der Waals surface area contributed by atoms with Gasteiger partial charge < -0.3 is 10.6 Å². The number of anilines is 1. The highest BCUT2D eigenvalue weighted by Gasteiger charge is 2.29. The van der Waals surface area contributed by atoms with Crippen LogP contribution >= 0.6 is 11.6 Å². The Kier molecular flexibility index (Phi) is 4.18. The van der Waals surface area contributed by atoms with Crippen molar-refractivity contribution in [3.63, 3.8) is 0 Å². The normalized spacial score (nSPS) is 25.5. The van der Waals surface area contributed by atoms with E-state index in [4.69, 9.17) is 17.3 Å². The molecule has 0 spiro atoms. The van der Waals surface area contributed by atoms with E-state index in [9.17, 15) is 0 Å². The van der Waals surface area contributed by atoms with Gasteiger partial charge in [0.2, 0.25) is 0 Å². The van der Waals surface area contributed by atoms with Crippen LogP contribution in [0.3, 0.4) is 0 Å². The zero-order valence-electron chi connectivity index (χ0n) is 11.5. The lowest BCUT2D eigenvalue weighted by molar-refractivity contribution is 0.628. The molecular formula is C15H23ClN2. The Balaban J connectivity index is 2.31. The third-order valence-electron chi connectivity index (χ3n) is 4.03. The van der Waals surface area contributed by atoms with Crippen LogP contribution < -0.4 is 10.6 Å². The lowest BCUT2D eigenvalue weighted by Gasteiger charge is -2.31. The average Bonchev–Trinajstić information content (AvgIpc) is 2.69. The van der Waals surface area contributed by atoms with Gasteiger partial charge in [0.05, 0.1) is 0 Å². The van der Waals surface area contributed by atoms with Crippen LogP contribution in [0, 0.1) is 0 Å². The molecule has 0 saturated carbocycles. The molecule has 3 atom stereocenters. The number of halogens is 1. The lowest BCUT2D eigenvalue weighted by Crippen LogP contribution is -2.34. The summed E-state index contributed by atoms with van der Waals surface area (Å²) in [7, 11) is 0. The van der Waals surface area contributed by atoms with Gasteiger partial charge in [-0.05, 0) is 50.8 Å². The van der Waals surface area contributed by atoms with Crippen LogP contribution in [-0.2, 0) is 0 Å². The topological polar surface area (TPSA) is 29.3 Å². The number of hydrogen-bond acceptors (Lipinski definition) is 2. The van der Waals surface area contributed by atoms with Crippen molar-refractivity contribution in [1.82, 2.24) is 0 Å². The molecule has 1 heterocycles. The summed E-state index contributed by atoms with van der Waals surface area (Å²) >= 11 is 6.33. The van der Waals surface area contributed by atoms with Gasteiger partial charge in [-0.2, -0.15) is 0 Å². The van der Waals surface area contributed by atoms with Crippen molar-refractivity contribution in [3.8, 4) is 0 Å². The van der Waals surface area contributed by atoms with E-state index in [0.29, 0.717) is 12.1 Å². The highest BCUT2D eigenvalue weighted by Crippen LogP contribution is 2.35. The minimum absolute atomic E-state index is 0.00970. The van der Waals surface area contributed by atoms with E-state index < -0.39 is 0 Å². The lowest BCUT2D eigenvalue weighted by atomic mass is 10.1. The molecule has 0 amide bonds. The number of nitrogens with two attached hydrogens (primary N) is 1. The molecule has 1 aromatic rings. The quantitative estimate of drug-likeness (QED) is 0.891. The van der Waals surface area contributed by atoms with Crippen LogP contribution in [0.1, 0.15) is 51.6 Å². The average molecular weight is 267 g/mol. The highest BCUT2D eigenvalue weighted by molar-refractivity contribution is 6.31. The monoisotopic (exact) mass is 266 g/mol. The Morgan fingerprint density at radius 3 is 2.72 bits per heavy atom. The standard InChI is InChI=1S/C15H23ClN2/c1-4-12-6-5-10(2)18(12)13-7-8-14(11(3)17)15(16)9-13/h7-12H,4-6,17H2,1-3H3. The Hall–Kier alpha value is -0.730. The molecule has 18 heavy (non-hydrogen) atoms. The number of benzene rings is 1. The number of hydrogen-bond donors (Lipinski definition) is 1. The van der Waals surface area contributed by atoms with Crippen LogP contribution in [0.2, 0.25) is 5.02 Å². The van der Waals surface area contributed by atoms with Gasteiger partial charge in [-0.1, -0.05) is 24.6 Å². The molecule has 1 aliphatic rings.